The van der Waals surface area contributed by atoms with Crippen LogP contribution in [0, 0.1) is 0 Å². The van der Waals surface area contributed by atoms with Gasteiger partial charge in [0, 0.05) is 36.0 Å². The van der Waals surface area contributed by atoms with Crippen molar-refractivity contribution < 1.29 is 19.0 Å². The Labute approximate surface area is 173 Å². The number of ether oxygens (including phenoxy) is 3. The van der Waals surface area contributed by atoms with E-state index in [2.05, 4.69) is 20.4 Å². The van der Waals surface area contributed by atoms with Crippen LogP contribution in [0.1, 0.15) is 10.4 Å². The smallest absolute Gasteiger partial charge is 0.255 e. The first-order valence-electron chi connectivity index (χ1n) is 9.74. The SMILES string of the molecule is O=C(Nc1ccc2c(c1)OCO2)c1ccc(-c2ccc(N3CCOCC3)nn2)cc1. The lowest BCUT2D eigenvalue weighted by atomic mass is 10.1. The third-order valence-corrected chi connectivity index (χ3v) is 5.06. The van der Waals surface area contributed by atoms with Crippen LogP contribution in [0.4, 0.5) is 11.5 Å². The van der Waals surface area contributed by atoms with Crippen molar-refractivity contribution in [2.45, 2.75) is 0 Å². The van der Waals surface area contributed by atoms with Gasteiger partial charge in [0.25, 0.3) is 5.91 Å². The van der Waals surface area contributed by atoms with E-state index in [-0.39, 0.29) is 12.7 Å². The van der Waals surface area contributed by atoms with Crippen molar-refractivity contribution in [2.75, 3.05) is 43.3 Å². The summed E-state index contributed by atoms with van der Waals surface area (Å²) in [6.07, 6.45) is 0. The second-order valence-electron chi connectivity index (χ2n) is 6.98. The van der Waals surface area contributed by atoms with Crippen molar-refractivity contribution in [3.63, 3.8) is 0 Å². The van der Waals surface area contributed by atoms with Crippen molar-refractivity contribution in [1.82, 2.24) is 10.2 Å². The zero-order valence-electron chi connectivity index (χ0n) is 16.2. The van der Waals surface area contributed by atoms with Gasteiger partial charge < -0.3 is 24.4 Å². The standard InChI is InChI=1S/C22H20N4O4/c27-22(23-17-5-7-19-20(13-17)30-14-29-19)16-3-1-15(2-4-16)18-6-8-21(25-24-18)26-9-11-28-12-10-26/h1-8,13H,9-12,14H2,(H,23,27). The van der Waals surface area contributed by atoms with Crippen molar-refractivity contribution in [2.24, 2.45) is 0 Å². The Morgan fingerprint density at radius 2 is 1.70 bits per heavy atom. The number of morpholine rings is 1. The highest BCUT2D eigenvalue weighted by atomic mass is 16.7. The summed E-state index contributed by atoms with van der Waals surface area (Å²) in [4.78, 5) is 14.7. The van der Waals surface area contributed by atoms with E-state index in [1.54, 1.807) is 30.3 Å². The van der Waals surface area contributed by atoms with Gasteiger partial charge in [-0.05, 0) is 36.4 Å². The number of amides is 1. The minimum absolute atomic E-state index is 0.199. The topological polar surface area (TPSA) is 85.8 Å². The van der Waals surface area contributed by atoms with E-state index in [0.717, 1.165) is 30.2 Å². The molecule has 1 aromatic heterocycles. The van der Waals surface area contributed by atoms with Crippen LogP contribution >= 0.6 is 0 Å². The molecular weight excluding hydrogens is 384 g/mol. The summed E-state index contributed by atoms with van der Waals surface area (Å²) in [6, 6.07) is 16.5. The van der Waals surface area contributed by atoms with Gasteiger partial charge in [-0.15, -0.1) is 10.2 Å². The van der Waals surface area contributed by atoms with Gasteiger partial charge >= 0.3 is 0 Å². The molecule has 2 aliphatic heterocycles. The van der Waals surface area contributed by atoms with Gasteiger partial charge in [-0.1, -0.05) is 12.1 Å². The van der Waals surface area contributed by atoms with Crippen LogP contribution in [-0.4, -0.2) is 49.2 Å². The molecule has 5 rings (SSSR count). The molecule has 8 nitrogen and oxygen atoms in total. The number of nitrogens with zero attached hydrogens (tertiary/aromatic N) is 3. The highest BCUT2D eigenvalue weighted by molar-refractivity contribution is 6.04. The fraction of sp³-hybridized carbons (Fsp3) is 0.227. The normalized spacial score (nSPS) is 15.1. The number of fused-ring (bicyclic) bond motifs is 1. The Morgan fingerprint density at radius 1 is 0.900 bits per heavy atom. The lowest BCUT2D eigenvalue weighted by Crippen LogP contribution is -2.36. The van der Waals surface area contributed by atoms with Crippen LogP contribution in [0.2, 0.25) is 0 Å². The Balaban J connectivity index is 1.26. The number of nitrogens with one attached hydrogen (secondary N) is 1. The van der Waals surface area contributed by atoms with Gasteiger partial charge in [0.15, 0.2) is 17.3 Å². The maximum absolute atomic E-state index is 12.6. The summed E-state index contributed by atoms with van der Waals surface area (Å²) in [7, 11) is 0. The Bertz CT molecular complexity index is 1050. The highest BCUT2D eigenvalue weighted by Gasteiger charge is 2.15. The number of aromatic nitrogens is 2. The molecule has 2 aromatic carbocycles. The third kappa shape index (κ3) is 3.77. The molecule has 3 aromatic rings. The number of carbonyl (C=O) groups is 1. The van der Waals surface area contributed by atoms with Crippen molar-refractivity contribution in [3.05, 3.63) is 60.2 Å². The van der Waals surface area contributed by atoms with E-state index in [4.69, 9.17) is 14.2 Å². The second kappa shape index (κ2) is 8.00. The number of hydrogen-bond acceptors (Lipinski definition) is 7. The molecule has 1 fully saturated rings. The van der Waals surface area contributed by atoms with Gasteiger partial charge in [0.05, 0.1) is 18.9 Å². The first kappa shape index (κ1) is 18.4. The maximum atomic E-state index is 12.6. The molecule has 0 spiro atoms. The fourth-order valence-electron chi connectivity index (χ4n) is 3.41. The number of anilines is 2. The minimum atomic E-state index is -0.200. The van der Waals surface area contributed by atoms with Crippen molar-refractivity contribution >= 4 is 17.4 Å². The number of carbonyl (C=O) groups excluding carboxylic acids is 1. The average Bonchev–Trinajstić information content (AvgIpc) is 3.28. The predicted molar refractivity (Wildman–Crippen MR) is 111 cm³/mol. The van der Waals surface area contributed by atoms with E-state index in [1.165, 1.54) is 0 Å². The minimum Gasteiger partial charge on any atom is -0.454 e. The molecule has 0 aliphatic carbocycles. The van der Waals surface area contributed by atoms with Crippen molar-refractivity contribution in [1.29, 1.82) is 0 Å². The molecule has 3 heterocycles. The zero-order valence-corrected chi connectivity index (χ0v) is 16.2. The first-order chi connectivity index (χ1) is 14.8. The molecule has 8 heteroatoms. The summed E-state index contributed by atoms with van der Waals surface area (Å²) >= 11 is 0. The quantitative estimate of drug-likeness (QED) is 0.715. The lowest BCUT2D eigenvalue weighted by molar-refractivity contribution is 0.102. The summed E-state index contributed by atoms with van der Waals surface area (Å²) in [6.45, 7) is 3.26. The summed E-state index contributed by atoms with van der Waals surface area (Å²) in [5.74, 6) is 1.95. The van der Waals surface area contributed by atoms with Gasteiger partial charge in [-0.2, -0.15) is 0 Å². The average molecular weight is 404 g/mol. The molecule has 0 bridgehead atoms. The van der Waals surface area contributed by atoms with Crippen LogP contribution in [0.3, 0.4) is 0 Å². The summed E-state index contributed by atoms with van der Waals surface area (Å²) < 4.78 is 16.0. The second-order valence-corrected chi connectivity index (χ2v) is 6.98. The van der Waals surface area contributed by atoms with E-state index in [9.17, 15) is 4.79 Å². The summed E-state index contributed by atoms with van der Waals surface area (Å²) in [5.41, 5.74) is 2.86. The molecule has 1 N–H and O–H groups in total. The van der Waals surface area contributed by atoms with Crippen LogP contribution in [0.15, 0.2) is 54.6 Å². The highest BCUT2D eigenvalue weighted by Crippen LogP contribution is 2.34. The van der Waals surface area contributed by atoms with Gasteiger partial charge in [0.2, 0.25) is 6.79 Å². The lowest BCUT2D eigenvalue weighted by Gasteiger charge is -2.27. The third-order valence-electron chi connectivity index (χ3n) is 5.06. The van der Waals surface area contributed by atoms with E-state index >= 15 is 0 Å². The Morgan fingerprint density at radius 3 is 2.47 bits per heavy atom. The van der Waals surface area contributed by atoms with Crippen LogP contribution in [0.25, 0.3) is 11.3 Å². The maximum Gasteiger partial charge on any atom is 0.255 e. The Kier molecular flexibility index (Phi) is 4.90. The largest absolute Gasteiger partial charge is 0.454 e. The molecule has 0 atom stereocenters. The predicted octanol–water partition coefficient (Wildman–Crippen LogP) is 2.96. The van der Waals surface area contributed by atoms with Gasteiger partial charge in [-0.3, -0.25) is 4.79 Å². The van der Waals surface area contributed by atoms with E-state index in [1.807, 2.05) is 24.3 Å². The fourth-order valence-corrected chi connectivity index (χ4v) is 3.41. The molecule has 0 radical (unpaired) electrons. The van der Waals surface area contributed by atoms with Gasteiger partial charge in [0.1, 0.15) is 0 Å². The number of hydrogen-bond donors (Lipinski definition) is 1. The first-order valence-corrected chi connectivity index (χ1v) is 9.74. The molecule has 0 unspecified atom stereocenters. The van der Waals surface area contributed by atoms with E-state index < -0.39 is 0 Å². The monoisotopic (exact) mass is 404 g/mol. The summed E-state index contributed by atoms with van der Waals surface area (Å²) in [5, 5.41) is 11.6. The molecular formula is C22H20N4O4. The van der Waals surface area contributed by atoms with Crippen molar-refractivity contribution in [3.8, 4) is 22.8 Å². The molecule has 152 valence electrons. The molecule has 1 saturated heterocycles. The number of benzene rings is 2. The van der Waals surface area contributed by atoms with Gasteiger partial charge in [-0.25, -0.2) is 0 Å². The number of rotatable bonds is 4. The molecule has 1 amide bonds. The molecule has 30 heavy (non-hydrogen) atoms. The molecule has 2 aliphatic rings. The zero-order chi connectivity index (χ0) is 20.3. The Hall–Kier alpha value is -3.65. The van der Waals surface area contributed by atoms with Crippen LogP contribution in [0.5, 0.6) is 11.5 Å². The molecule has 0 saturated carbocycles. The van der Waals surface area contributed by atoms with E-state index in [0.29, 0.717) is 36.0 Å². The van der Waals surface area contributed by atoms with Crippen LogP contribution in [-0.2, 0) is 4.74 Å². The van der Waals surface area contributed by atoms with Crippen LogP contribution < -0.4 is 19.7 Å².